The molecule has 3 rings (SSSR count). The molecule has 0 bridgehead atoms. The van der Waals surface area contributed by atoms with Crippen LogP contribution in [-0.2, 0) is 11.3 Å². The van der Waals surface area contributed by atoms with E-state index < -0.39 is 0 Å². The highest BCUT2D eigenvalue weighted by molar-refractivity contribution is 7.16. The van der Waals surface area contributed by atoms with E-state index in [2.05, 4.69) is 6.58 Å². The van der Waals surface area contributed by atoms with Crippen molar-refractivity contribution >= 4 is 40.7 Å². The van der Waals surface area contributed by atoms with E-state index in [1.165, 1.54) is 11.3 Å². The van der Waals surface area contributed by atoms with E-state index in [9.17, 15) is 14.4 Å². The van der Waals surface area contributed by atoms with Gasteiger partial charge in [-0.3, -0.25) is 19.3 Å². The van der Waals surface area contributed by atoms with Crippen molar-refractivity contribution in [2.45, 2.75) is 13.0 Å². The van der Waals surface area contributed by atoms with Crippen molar-refractivity contribution in [2.24, 2.45) is 0 Å². The molecule has 1 aliphatic heterocycles. The molecule has 0 N–H and O–H groups in total. The average Bonchev–Trinajstić information content (AvgIpc) is 3.15. The summed E-state index contributed by atoms with van der Waals surface area (Å²) in [5, 5.41) is 0. The minimum atomic E-state index is -0.348. The number of fused-ring (bicyclic) bond motifs is 1. The Hall–Kier alpha value is -2.44. The topological polar surface area (TPSA) is 57.7 Å². The molecular formula is C19H17ClN2O3S. The molecule has 0 fully saturated rings. The van der Waals surface area contributed by atoms with E-state index in [0.29, 0.717) is 28.6 Å². The first-order valence-corrected chi connectivity index (χ1v) is 9.29. The summed E-state index contributed by atoms with van der Waals surface area (Å²) < 4.78 is 0.664. The Morgan fingerprint density at radius 2 is 1.81 bits per heavy atom. The Kier molecular flexibility index (Phi) is 5.54. The summed E-state index contributed by atoms with van der Waals surface area (Å²) in [6.45, 7) is 4.55. The van der Waals surface area contributed by atoms with Crippen molar-refractivity contribution in [3.63, 3.8) is 0 Å². The summed E-state index contributed by atoms with van der Waals surface area (Å²) in [5.74, 6) is -0.844. The van der Waals surface area contributed by atoms with Crippen molar-refractivity contribution in [3.05, 3.63) is 69.4 Å². The van der Waals surface area contributed by atoms with Gasteiger partial charge < -0.3 is 4.90 Å². The lowest BCUT2D eigenvalue weighted by Gasteiger charge is -2.22. The Morgan fingerprint density at radius 1 is 1.15 bits per heavy atom. The number of thiophene rings is 1. The standard InChI is InChI=1S/C19H17ClN2O3S/c1-2-10-21(12-13-7-8-16(20)26-13)17(23)9-11-22-18(24)14-5-3-4-6-15(14)19(22)25/h2-8H,1,9-12H2. The molecule has 0 atom stereocenters. The van der Waals surface area contributed by atoms with Gasteiger partial charge in [-0.15, -0.1) is 17.9 Å². The van der Waals surface area contributed by atoms with Gasteiger partial charge in [-0.25, -0.2) is 0 Å². The second-order valence-corrected chi connectivity index (χ2v) is 7.63. The maximum absolute atomic E-state index is 12.6. The summed E-state index contributed by atoms with van der Waals surface area (Å²) in [4.78, 5) is 41.0. The van der Waals surface area contributed by atoms with Crippen LogP contribution in [-0.4, -0.2) is 40.6 Å². The van der Waals surface area contributed by atoms with Crippen LogP contribution in [0.4, 0.5) is 0 Å². The van der Waals surface area contributed by atoms with Crippen LogP contribution >= 0.6 is 22.9 Å². The Bertz CT molecular complexity index is 842. The molecule has 0 spiro atoms. The minimum Gasteiger partial charge on any atom is -0.334 e. The highest BCUT2D eigenvalue weighted by Gasteiger charge is 2.35. The van der Waals surface area contributed by atoms with Crippen LogP contribution in [0.2, 0.25) is 4.34 Å². The minimum absolute atomic E-state index is 0.0595. The van der Waals surface area contributed by atoms with Gasteiger partial charge in [0.25, 0.3) is 11.8 Å². The van der Waals surface area contributed by atoms with Crippen molar-refractivity contribution in [1.29, 1.82) is 0 Å². The maximum Gasteiger partial charge on any atom is 0.261 e. The monoisotopic (exact) mass is 388 g/mol. The molecule has 0 saturated carbocycles. The number of carbonyl (C=O) groups is 3. The molecule has 1 aromatic heterocycles. The lowest BCUT2D eigenvalue weighted by Crippen LogP contribution is -2.36. The first-order chi connectivity index (χ1) is 12.5. The molecule has 2 aromatic rings. The van der Waals surface area contributed by atoms with Crippen molar-refractivity contribution in [2.75, 3.05) is 13.1 Å². The van der Waals surface area contributed by atoms with Gasteiger partial charge in [-0.1, -0.05) is 29.8 Å². The van der Waals surface area contributed by atoms with E-state index in [1.54, 1.807) is 41.3 Å². The molecule has 5 nitrogen and oxygen atoms in total. The van der Waals surface area contributed by atoms with Crippen LogP contribution in [0.25, 0.3) is 0 Å². The molecule has 134 valence electrons. The van der Waals surface area contributed by atoms with Crippen molar-refractivity contribution < 1.29 is 14.4 Å². The molecule has 0 aliphatic carbocycles. The summed E-state index contributed by atoms with van der Waals surface area (Å²) in [7, 11) is 0. The third-order valence-electron chi connectivity index (χ3n) is 4.11. The molecular weight excluding hydrogens is 372 g/mol. The Morgan fingerprint density at radius 3 is 2.35 bits per heavy atom. The molecule has 7 heteroatoms. The molecule has 0 radical (unpaired) electrons. The Balaban J connectivity index is 1.64. The summed E-state index contributed by atoms with van der Waals surface area (Å²) in [6.07, 6.45) is 1.72. The number of hydrogen-bond acceptors (Lipinski definition) is 4. The first-order valence-electron chi connectivity index (χ1n) is 8.09. The molecule has 26 heavy (non-hydrogen) atoms. The van der Waals surface area contributed by atoms with Gasteiger partial charge in [0, 0.05) is 24.4 Å². The number of benzene rings is 1. The van der Waals surface area contributed by atoms with Crippen LogP contribution in [0, 0.1) is 0 Å². The highest BCUT2D eigenvalue weighted by atomic mass is 35.5. The van der Waals surface area contributed by atoms with E-state index in [-0.39, 0.29) is 30.7 Å². The summed E-state index contributed by atoms with van der Waals surface area (Å²) >= 11 is 7.35. The van der Waals surface area contributed by atoms with Gasteiger partial charge in [0.2, 0.25) is 5.91 Å². The number of nitrogens with zero attached hydrogens (tertiary/aromatic N) is 2. The zero-order valence-electron chi connectivity index (χ0n) is 14.0. The second kappa shape index (κ2) is 7.85. The quantitative estimate of drug-likeness (QED) is 0.538. The number of imide groups is 1. The smallest absolute Gasteiger partial charge is 0.261 e. The molecule has 2 heterocycles. The predicted molar refractivity (Wildman–Crippen MR) is 101 cm³/mol. The van der Waals surface area contributed by atoms with Crippen LogP contribution in [0.3, 0.4) is 0 Å². The predicted octanol–water partition coefficient (Wildman–Crippen LogP) is 3.60. The number of rotatable bonds is 7. The van der Waals surface area contributed by atoms with Crippen molar-refractivity contribution in [3.8, 4) is 0 Å². The van der Waals surface area contributed by atoms with Crippen LogP contribution in [0.1, 0.15) is 32.0 Å². The molecule has 0 saturated heterocycles. The zero-order valence-corrected chi connectivity index (χ0v) is 15.6. The summed E-state index contributed by atoms with van der Waals surface area (Å²) in [5.41, 5.74) is 0.780. The fourth-order valence-electron chi connectivity index (χ4n) is 2.84. The molecule has 3 amide bonds. The van der Waals surface area contributed by atoms with E-state index in [4.69, 9.17) is 11.6 Å². The molecule has 0 unspecified atom stereocenters. The van der Waals surface area contributed by atoms with Crippen molar-refractivity contribution in [1.82, 2.24) is 9.80 Å². The van der Waals surface area contributed by atoms with Gasteiger partial charge in [0.1, 0.15) is 0 Å². The maximum atomic E-state index is 12.6. The number of amides is 3. The number of hydrogen-bond donors (Lipinski definition) is 0. The van der Waals surface area contributed by atoms with Crippen LogP contribution in [0.5, 0.6) is 0 Å². The average molecular weight is 389 g/mol. The van der Waals surface area contributed by atoms with Crippen LogP contribution in [0.15, 0.2) is 49.1 Å². The number of halogens is 1. The molecule has 1 aromatic carbocycles. The van der Waals surface area contributed by atoms with Gasteiger partial charge in [0.05, 0.1) is 22.0 Å². The van der Waals surface area contributed by atoms with Crippen LogP contribution < -0.4 is 0 Å². The fraction of sp³-hybridized carbons (Fsp3) is 0.211. The van der Waals surface area contributed by atoms with Gasteiger partial charge in [-0.2, -0.15) is 0 Å². The fourth-order valence-corrected chi connectivity index (χ4v) is 3.95. The van der Waals surface area contributed by atoms with Gasteiger partial charge in [-0.05, 0) is 24.3 Å². The Labute approximate surface area is 160 Å². The van der Waals surface area contributed by atoms with E-state index in [0.717, 1.165) is 9.78 Å². The number of carbonyl (C=O) groups excluding carboxylic acids is 3. The third kappa shape index (κ3) is 3.71. The summed E-state index contributed by atoms with van der Waals surface area (Å²) in [6, 6.07) is 10.4. The highest BCUT2D eigenvalue weighted by Crippen LogP contribution is 2.24. The largest absolute Gasteiger partial charge is 0.334 e. The first kappa shape index (κ1) is 18.4. The van der Waals surface area contributed by atoms with E-state index >= 15 is 0 Å². The third-order valence-corrected chi connectivity index (χ3v) is 5.32. The van der Waals surface area contributed by atoms with Gasteiger partial charge in [0.15, 0.2) is 0 Å². The normalized spacial score (nSPS) is 13.0. The van der Waals surface area contributed by atoms with E-state index in [1.807, 2.05) is 6.07 Å². The second-order valence-electron chi connectivity index (χ2n) is 5.83. The van der Waals surface area contributed by atoms with Gasteiger partial charge >= 0.3 is 0 Å². The molecule has 1 aliphatic rings. The lowest BCUT2D eigenvalue weighted by molar-refractivity contribution is -0.131. The zero-order chi connectivity index (χ0) is 18.7. The lowest BCUT2D eigenvalue weighted by atomic mass is 10.1. The SMILES string of the molecule is C=CCN(Cc1ccc(Cl)s1)C(=O)CCN1C(=O)c2ccccc2C1=O.